The second-order valence-electron chi connectivity index (χ2n) is 8.27. The predicted octanol–water partition coefficient (Wildman–Crippen LogP) is 6.75. The molecule has 2 aromatic carbocycles. The quantitative estimate of drug-likeness (QED) is 0.425. The second kappa shape index (κ2) is 7.10. The molecule has 0 aromatic heterocycles. The third-order valence-corrected chi connectivity index (χ3v) is 13.5. The van der Waals surface area contributed by atoms with Crippen LogP contribution in [0, 0.1) is 5.92 Å². The van der Waals surface area contributed by atoms with Crippen LogP contribution in [0.25, 0.3) is 0 Å². The molecule has 2 atom stereocenters. The van der Waals surface area contributed by atoms with Crippen LogP contribution in [0.5, 0.6) is 0 Å². The zero-order valence-electron chi connectivity index (χ0n) is 14.9. The summed E-state index contributed by atoms with van der Waals surface area (Å²) < 4.78 is 2.40. The van der Waals surface area contributed by atoms with Crippen molar-refractivity contribution in [2.24, 2.45) is 5.92 Å². The van der Waals surface area contributed by atoms with E-state index in [1.54, 1.807) is 10.9 Å². The minimum atomic E-state index is -1.42. The summed E-state index contributed by atoms with van der Waals surface area (Å²) in [5.41, 5.74) is 1.97. The number of halogens is 2. The van der Waals surface area contributed by atoms with Gasteiger partial charge < -0.3 is 0 Å². The Morgan fingerprint density at radius 2 is 1.64 bits per heavy atom. The molecule has 2 aliphatic heterocycles. The van der Waals surface area contributed by atoms with Gasteiger partial charge in [0.25, 0.3) is 0 Å². The summed E-state index contributed by atoms with van der Waals surface area (Å²) in [7, 11) is -1.42. The molecular formula is C22H27Br2P. The molecule has 0 saturated carbocycles. The Labute approximate surface area is 169 Å². The third-order valence-electron chi connectivity index (χ3n) is 6.89. The van der Waals surface area contributed by atoms with Gasteiger partial charge in [0.05, 0.1) is 0 Å². The van der Waals surface area contributed by atoms with Crippen molar-refractivity contribution >= 4 is 44.4 Å². The summed E-state index contributed by atoms with van der Waals surface area (Å²) in [6.07, 6.45) is 10.0. The normalized spacial score (nSPS) is 29.2. The van der Waals surface area contributed by atoms with Gasteiger partial charge in [-0.15, -0.1) is 0 Å². The minimum absolute atomic E-state index is 0.392. The summed E-state index contributed by atoms with van der Waals surface area (Å²) >= 11 is 7.24. The van der Waals surface area contributed by atoms with Crippen molar-refractivity contribution in [3.8, 4) is 0 Å². The van der Waals surface area contributed by atoms with E-state index in [0.29, 0.717) is 5.41 Å². The first-order chi connectivity index (χ1) is 12.1. The first-order valence-corrected chi connectivity index (χ1v) is 13.8. The molecule has 2 unspecified atom stereocenters. The van der Waals surface area contributed by atoms with Crippen LogP contribution in [0.15, 0.2) is 57.5 Å². The summed E-state index contributed by atoms with van der Waals surface area (Å²) in [5.74, 6) is 0.932. The Hall–Kier alpha value is -0.170. The monoisotopic (exact) mass is 480 g/mol. The van der Waals surface area contributed by atoms with Crippen LogP contribution in [-0.2, 0) is 5.41 Å². The van der Waals surface area contributed by atoms with Crippen molar-refractivity contribution in [2.45, 2.75) is 38.0 Å². The Balaban J connectivity index is 1.77. The predicted molar refractivity (Wildman–Crippen MR) is 120 cm³/mol. The van der Waals surface area contributed by atoms with Crippen LogP contribution in [0.1, 0.15) is 38.2 Å². The molecule has 2 saturated heterocycles. The van der Waals surface area contributed by atoms with Crippen molar-refractivity contribution in [1.82, 2.24) is 0 Å². The molecule has 2 fully saturated rings. The van der Waals surface area contributed by atoms with E-state index in [1.165, 1.54) is 53.1 Å². The maximum absolute atomic E-state index is 3.63. The van der Waals surface area contributed by atoms with E-state index in [-0.39, 0.29) is 0 Å². The molecule has 0 spiro atoms. The van der Waals surface area contributed by atoms with Crippen molar-refractivity contribution in [3.05, 3.63) is 63.0 Å². The first kappa shape index (κ1) is 18.2. The average molecular weight is 482 g/mol. The zero-order chi connectivity index (χ0) is 17.5. The molecular weight excluding hydrogens is 455 g/mol. The first-order valence-electron chi connectivity index (χ1n) is 9.57. The molecule has 4 rings (SSSR count). The van der Waals surface area contributed by atoms with Gasteiger partial charge in [-0.1, -0.05) is 0 Å². The van der Waals surface area contributed by atoms with Crippen molar-refractivity contribution in [3.63, 3.8) is 0 Å². The molecule has 0 aliphatic carbocycles. The van der Waals surface area contributed by atoms with E-state index in [4.69, 9.17) is 0 Å². The van der Waals surface area contributed by atoms with Crippen LogP contribution < -0.4 is 5.30 Å². The van der Waals surface area contributed by atoms with Gasteiger partial charge in [0.1, 0.15) is 0 Å². The van der Waals surface area contributed by atoms with E-state index in [0.717, 1.165) is 5.92 Å². The molecule has 2 heterocycles. The van der Waals surface area contributed by atoms with Crippen LogP contribution in [0.3, 0.4) is 0 Å². The fraction of sp³-hybridized carbons (Fsp3) is 0.455. The van der Waals surface area contributed by atoms with Crippen LogP contribution >= 0.6 is 39.1 Å². The molecule has 3 heteroatoms. The zero-order valence-corrected chi connectivity index (χ0v) is 19.1. The molecule has 25 heavy (non-hydrogen) atoms. The van der Waals surface area contributed by atoms with Crippen molar-refractivity contribution in [1.29, 1.82) is 0 Å². The van der Waals surface area contributed by atoms with Gasteiger partial charge in [-0.25, -0.2) is 0 Å². The number of hydrogen-bond acceptors (Lipinski definition) is 0. The summed E-state index contributed by atoms with van der Waals surface area (Å²) in [6, 6.07) is 18.7. The van der Waals surface area contributed by atoms with Crippen molar-refractivity contribution < 1.29 is 0 Å². The summed E-state index contributed by atoms with van der Waals surface area (Å²) in [6.45, 7) is 2.42. The number of rotatable bonds is 3. The van der Waals surface area contributed by atoms with Crippen LogP contribution in [0.2, 0.25) is 0 Å². The van der Waals surface area contributed by atoms with Gasteiger partial charge in [-0.2, -0.15) is 0 Å². The molecule has 2 bridgehead atoms. The van der Waals surface area contributed by atoms with E-state index in [1.807, 2.05) is 0 Å². The van der Waals surface area contributed by atoms with Gasteiger partial charge in [-0.05, 0) is 0 Å². The molecule has 0 amide bonds. The summed E-state index contributed by atoms with van der Waals surface area (Å²) in [5, 5.41) is 1.70. The van der Waals surface area contributed by atoms with E-state index in [9.17, 15) is 0 Å². The van der Waals surface area contributed by atoms with Gasteiger partial charge in [0.2, 0.25) is 0 Å². The van der Waals surface area contributed by atoms with Gasteiger partial charge in [-0.3, -0.25) is 0 Å². The Kier molecular flexibility index (Phi) is 5.17. The van der Waals surface area contributed by atoms with E-state index in [2.05, 4.69) is 87.3 Å². The van der Waals surface area contributed by atoms with Crippen molar-refractivity contribution in [2.75, 3.05) is 18.5 Å². The molecule has 2 aliphatic rings. The number of hydrogen-bond donors (Lipinski definition) is 0. The second-order valence-corrected chi connectivity index (χ2v) is 14.5. The van der Waals surface area contributed by atoms with Crippen LogP contribution in [-0.4, -0.2) is 18.5 Å². The van der Waals surface area contributed by atoms with Crippen LogP contribution in [0.4, 0.5) is 0 Å². The van der Waals surface area contributed by atoms with E-state index >= 15 is 0 Å². The molecule has 0 radical (unpaired) electrons. The Morgan fingerprint density at radius 3 is 2.28 bits per heavy atom. The fourth-order valence-corrected chi connectivity index (χ4v) is 12.6. The third kappa shape index (κ3) is 3.40. The topological polar surface area (TPSA) is 0 Å². The maximum atomic E-state index is 3.63. The molecule has 2 aromatic rings. The number of benzene rings is 2. The van der Waals surface area contributed by atoms with E-state index < -0.39 is 7.26 Å². The standard InChI is InChI=1S/C22H27Br2P/c1-2-22(18-5-7-19(23)8-6-18)14-17-4-3-13-25(15-17,16-22)21-11-9-20(24)10-12-21/h5-12,17,25H,2-4,13-16H2,1H3. The number of fused-ring (bicyclic) bond motifs is 2. The molecule has 134 valence electrons. The fourth-order valence-electron chi connectivity index (χ4n) is 5.76. The SMILES string of the molecule is CCC1(c2ccc(Br)cc2)CC2CCC[PH](c3ccc(Br)cc3)(C2)C1. The van der Waals surface area contributed by atoms with Gasteiger partial charge in [0, 0.05) is 0 Å². The van der Waals surface area contributed by atoms with Gasteiger partial charge >= 0.3 is 170 Å². The summed E-state index contributed by atoms with van der Waals surface area (Å²) in [4.78, 5) is 0. The Morgan fingerprint density at radius 1 is 1.00 bits per heavy atom. The molecule has 0 nitrogen and oxygen atoms in total. The average Bonchev–Trinajstić information content (AvgIpc) is 2.62. The van der Waals surface area contributed by atoms with Gasteiger partial charge in [0.15, 0.2) is 0 Å². The molecule has 0 N–H and O–H groups in total. The Bertz CT molecular complexity index is 694.